The number of hydrogen-bond donors (Lipinski definition) is 1. The zero-order valence-corrected chi connectivity index (χ0v) is 5.88. The summed E-state index contributed by atoms with van der Waals surface area (Å²) in [5.74, 6) is 0. The van der Waals surface area contributed by atoms with Gasteiger partial charge in [0.25, 0.3) is 0 Å². The normalized spacial score (nSPS) is 24.7. The molecule has 1 aliphatic rings. The maximum Gasteiger partial charge on any atom is 0.0639 e. The number of aliphatic hydroxyl groups is 1. The van der Waals surface area contributed by atoms with E-state index in [9.17, 15) is 0 Å². The third kappa shape index (κ3) is 2.33. The molecule has 1 fully saturated rings. The maximum atomic E-state index is 8.96. The summed E-state index contributed by atoms with van der Waals surface area (Å²) in [7, 11) is 0. The molecule has 0 aromatic heterocycles. The van der Waals surface area contributed by atoms with Crippen LogP contribution in [0.5, 0.6) is 0 Å². The number of nitrogens with zero attached hydrogens (tertiary/aromatic N) is 1. The van der Waals surface area contributed by atoms with E-state index >= 15 is 0 Å². The van der Waals surface area contributed by atoms with E-state index in [-0.39, 0.29) is 6.10 Å². The average molecular weight is 128 g/mol. The van der Waals surface area contributed by atoms with Crippen molar-refractivity contribution in [3.63, 3.8) is 0 Å². The average Bonchev–Trinajstić information content (AvgIpc) is 2.15. The summed E-state index contributed by atoms with van der Waals surface area (Å²) in [6, 6.07) is 0. The molecule has 1 unspecified atom stereocenters. The molecule has 0 aliphatic carbocycles. The smallest absolute Gasteiger partial charge is 0.0639 e. The molecule has 0 spiro atoms. The molecule has 0 aromatic rings. The lowest BCUT2D eigenvalue weighted by atomic mass is 10.4. The second-order valence-electron chi connectivity index (χ2n) is 2.69. The Morgan fingerprint density at radius 1 is 1.78 bits per heavy atom. The van der Waals surface area contributed by atoms with Gasteiger partial charge in [0, 0.05) is 13.1 Å². The lowest BCUT2D eigenvalue weighted by Gasteiger charge is -2.15. The van der Waals surface area contributed by atoms with Gasteiger partial charge in [0.2, 0.25) is 0 Å². The zero-order chi connectivity index (χ0) is 6.69. The molecule has 9 heavy (non-hydrogen) atoms. The van der Waals surface area contributed by atoms with Gasteiger partial charge in [-0.15, -0.1) is 0 Å². The van der Waals surface area contributed by atoms with Gasteiger partial charge in [0.15, 0.2) is 0 Å². The van der Waals surface area contributed by atoms with Crippen LogP contribution in [0.2, 0.25) is 0 Å². The fourth-order valence-electron chi connectivity index (χ4n) is 1.18. The highest BCUT2D eigenvalue weighted by molar-refractivity contribution is 4.81. The second kappa shape index (κ2) is 3.18. The Bertz CT molecular complexity index is 77.0. The zero-order valence-electron chi connectivity index (χ0n) is 5.88. The fraction of sp³-hybridized carbons (Fsp3) is 0.857. The molecule has 1 rings (SSSR count). The number of likely N-dealkylation sites (tertiary alicyclic amines) is 1. The predicted octanol–water partition coefficient (Wildman–Crippen LogP) is 0.277. The first-order valence-corrected chi connectivity index (χ1v) is 3.51. The van der Waals surface area contributed by atoms with Crippen LogP contribution in [0.15, 0.2) is 0 Å². The molecule has 0 saturated carbocycles. The minimum Gasteiger partial charge on any atom is -0.392 e. The molecule has 1 aliphatic heterocycles. The minimum atomic E-state index is -0.170. The summed E-state index contributed by atoms with van der Waals surface area (Å²) in [6.45, 7) is 4.85. The first kappa shape index (κ1) is 7.03. The molecule has 1 saturated heterocycles. The summed E-state index contributed by atoms with van der Waals surface area (Å²) in [5, 5.41) is 8.96. The molecule has 1 atom stereocenters. The Hall–Kier alpha value is -0.0800. The van der Waals surface area contributed by atoms with Crippen LogP contribution < -0.4 is 0 Å². The highest BCUT2D eigenvalue weighted by Gasteiger charge is 2.12. The summed E-state index contributed by atoms with van der Waals surface area (Å²) in [4.78, 5) is 2.25. The predicted molar refractivity (Wildman–Crippen MR) is 37.0 cm³/mol. The van der Waals surface area contributed by atoms with Gasteiger partial charge in [0.1, 0.15) is 0 Å². The van der Waals surface area contributed by atoms with E-state index in [1.165, 1.54) is 6.42 Å². The molecule has 0 bridgehead atoms. The van der Waals surface area contributed by atoms with Gasteiger partial charge >= 0.3 is 0 Å². The van der Waals surface area contributed by atoms with Gasteiger partial charge in [-0.05, 0) is 26.3 Å². The third-order valence-electron chi connectivity index (χ3n) is 1.56. The summed E-state index contributed by atoms with van der Waals surface area (Å²) >= 11 is 0. The number of aliphatic hydroxyl groups excluding tert-OH is 1. The van der Waals surface area contributed by atoms with Gasteiger partial charge in [-0.1, -0.05) is 0 Å². The third-order valence-corrected chi connectivity index (χ3v) is 1.56. The van der Waals surface area contributed by atoms with Crippen molar-refractivity contribution in [1.82, 2.24) is 4.90 Å². The van der Waals surface area contributed by atoms with Crippen LogP contribution in [0.4, 0.5) is 0 Å². The van der Waals surface area contributed by atoms with Gasteiger partial charge in [-0.25, -0.2) is 0 Å². The first-order valence-electron chi connectivity index (χ1n) is 3.51. The van der Waals surface area contributed by atoms with Crippen LogP contribution in [0.1, 0.15) is 13.3 Å². The SMILES string of the molecule is CC(O)CN1C[CH]CC1. The van der Waals surface area contributed by atoms with Gasteiger partial charge in [-0.2, -0.15) is 0 Å². The summed E-state index contributed by atoms with van der Waals surface area (Å²) in [6.07, 6.45) is 3.27. The molecular weight excluding hydrogens is 114 g/mol. The van der Waals surface area contributed by atoms with Gasteiger partial charge in [-0.3, -0.25) is 0 Å². The number of β-amino-alcohol motifs (C(OH)–C–C–N with tert-alkyl or cyclic N) is 1. The highest BCUT2D eigenvalue weighted by Crippen LogP contribution is 2.05. The van der Waals surface area contributed by atoms with E-state index in [4.69, 9.17) is 5.11 Å². The number of hydrogen-bond acceptors (Lipinski definition) is 2. The minimum absolute atomic E-state index is 0.170. The Labute approximate surface area is 56.5 Å². The van der Waals surface area contributed by atoms with Crippen molar-refractivity contribution in [3.8, 4) is 0 Å². The first-order chi connectivity index (χ1) is 4.29. The largest absolute Gasteiger partial charge is 0.392 e. The van der Waals surface area contributed by atoms with Crippen molar-refractivity contribution in [2.75, 3.05) is 19.6 Å². The van der Waals surface area contributed by atoms with Crippen molar-refractivity contribution in [2.45, 2.75) is 19.4 Å². The second-order valence-corrected chi connectivity index (χ2v) is 2.69. The molecule has 53 valence electrons. The van der Waals surface area contributed by atoms with E-state index in [0.29, 0.717) is 0 Å². The monoisotopic (exact) mass is 128 g/mol. The van der Waals surface area contributed by atoms with Crippen molar-refractivity contribution < 1.29 is 5.11 Å². The Morgan fingerprint density at radius 3 is 3.00 bits per heavy atom. The van der Waals surface area contributed by atoms with Crippen LogP contribution >= 0.6 is 0 Å². The maximum absolute atomic E-state index is 8.96. The van der Waals surface area contributed by atoms with Crippen molar-refractivity contribution in [3.05, 3.63) is 6.42 Å². The van der Waals surface area contributed by atoms with Crippen molar-refractivity contribution >= 4 is 0 Å². The lowest BCUT2D eigenvalue weighted by Crippen LogP contribution is -2.27. The Balaban J connectivity index is 2.11. The van der Waals surface area contributed by atoms with E-state index < -0.39 is 0 Å². The molecule has 0 amide bonds. The summed E-state index contributed by atoms with van der Waals surface area (Å²) < 4.78 is 0. The lowest BCUT2D eigenvalue weighted by molar-refractivity contribution is 0.142. The van der Waals surface area contributed by atoms with E-state index in [1.54, 1.807) is 0 Å². The van der Waals surface area contributed by atoms with Gasteiger partial charge < -0.3 is 10.0 Å². The van der Waals surface area contributed by atoms with Crippen LogP contribution in [0, 0.1) is 6.42 Å². The van der Waals surface area contributed by atoms with Crippen molar-refractivity contribution in [1.29, 1.82) is 0 Å². The quantitative estimate of drug-likeness (QED) is 0.577. The molecular formula is C7H14NO. The van der Waals surface area contributed by atoms with E-state index in [0.717, 1.165) is 19.6 Å². The fourth-order valence-corrected chi connectivity index (χ4v) is 1.18. The van der Waals surface area contributed by atoms with Crippen LogP contribution in [0.3, 0.4) is 0 Å². The van der Waals surface area contributed by atoms with E-state index in [2.05, 4.69) is 11.3 Å². The van der Waals surface area contributed by atoms with Crippen molar-refractivity contribution in [2.24, 2.45) is 0 Å². The van der Waals surface area contributed by atoms with Crippen LogP contribution in [-0.4, -0.2) is 35.7 Å². The molecule has 2 heteroatoms. The molecule has 1 heterocycles. The molecule has 1 radical (unpaired) electrons. The Morgan fingerprint density at radius 2 is 2.56 bits per heavy atom. The topological polar surface area (TPSA) is 23.5 Å². The highest BCUT2D eigenvalue weighted by atomic mass is 16.3. The van der Waals surface area contributed by atoms with E-state index in [1.807, 2.05) is 6.92 Å². The molecule has 1 N–H and O–H groups in total. The Kier molecular flexibility index (Phi) is 2.49. The molecule has 0 aromatic carbocycles. The number of rotatable bonds is 2. The standard InChI is InChI=1S/C7H14NO/c1-7(9)6-8-4-2-3-5-8/h2,7,9H,3-6H2,1H3. The van der Waals surface area contributed by atoms with Gasteiger partial charge in [0.05, 0.1) is 6.10 Å². The molecule has 2 nitrogen and oxygen atoms in total. The summed E-state index contributed by atoms with van der Waals surface area (Å²) in [5.41, 5.74) is 0. The van der Waals surface area contributed by atoms with Crippen LogP contribution in [-0.2, 0) is 0 Å². The van der Waals surface area contributed by atoms with Crippen LogP contribution in [0.25, 0.3) is 0 Å².